The molecular weight excluding hydrogens is 266 g/mol. The third-order valence-electron chi connectivity index (χ3n) is 2.68. The minimum Gasteiger partial charge on any atom is -0.398 e. The molecule has 0 aliphatic rings. The molecule has 1 heterocycles. The molecule has 0 saturated carbocycles. The lowest BCUT2D eigenvalue weighted by atomic mass is 10.1. The number of ether oxygens (including phenoxy) is 1. The first kappa shape index (κ1) is 13.8. The minimum atomic E-state index is 0.0102. The Kier molecular flexibility index (Phi) is 4.34. The molecule has 7 heteroatoms. The molecule has 102 valence electrons. The zero-order valence-corrected chi connectivity index (χ0v) is 11.6. The maximum absolute atomic E-state index is 6.17. The van der Waals surface area contributed by atoms with Crippen molar-refractivity contribution in [3.05, 3.63) is 23.2 Å². The Hall–Kier alpha value is -1.66. The van der Waals surface area contributed by atoms with Crippen molar-refractivity contribution in [2.24, 2.45) is 0 Å². The van der Waals surface area contributed by atoms with Crippen LogP contribution in [0.25, 0.3) is 11.4 Å². The number of nitrogens with zero attached hydrogens (tertiary/aromatic N) is 4. The van der Waals surface area contributed by atoms with Crippen LogP contribution in [0.1, 0.15) is 13.8 Å². The van der Waals surface area contributed by atoms with Crippen molar-refractivity contribution in [3.8, 4) is 11.4 Å². The maximum atomic E-state index is 6.17. The van der Waals surface area contributed by atoms with Gasteiger partial charge in [0.1, 0.15) is 0 Å². The molecule has 0 bridgehead atoms. The van der Waals surface area contributed by atoms with E-state index in [4.69, 9.17) is 22.1 Å². The highest BCUT2D eigenvalue weighted by Crippen LogP contribution is 2.31. The van der Waals surface area contributed by atoms with Crippen LogP contribution in [0.3, 0.4) is 0 Å². The van der Waals surface area contributed by atoms with Gasteiger partial charge in [0.15, 0.2) is 5.82 Å². The molecule has 1 unspecified atom stereocenters. The Balaban J connectivity index is 2.34. The molecule has 1 aromatic carbocycles. The summed E-state index contributed by atoms with van der Waals surface area (Å²) in [6.07, 6.45) is 0.0102. The summed E-state index contributed by atoms with van der Waals surface area (Å²) in [5, 5.41) is 12.2. The van der Waals surface area contributed by atoms with Gasteiger partial charge in [0.05, 0.1) is 23.2 Å². The summed E-state index contributed by atoms with van der Waals surface area (Å²) in [4.78, 5) is 0. The summed E-state index contributed by atoms with van der Waals surface area (Å²) < 4.78 is 7.14. The standard InChI is InChI=1S/C12H16ClN5O/c1-3-19-8(2)7-18-12(15-16-17-18)11-9(13)5-4-6-10(11)14/h4-6,8H,3,7,14H2,1-2H3. The highest BCUT2D eigenvalue weighted by Gasteiger charge is 2.16. The predicted molar refractivity (Wildman–Crippen MR) is 73.8 cm³/mol. The average Bonchev–Trinajstić information content (AvgIpc) is 2.77. The van der Waals surface area contributed by atoms with Crippen LogP contribution in [-0.2, 0) is 11.3 Å². The van der Waals surface area contributed by atoms with Gasteiger partial charge >= 0.3 is 0 Å². The number of nitrogen functional groups attached to an aromatic ring is 1. The largest absolute Gasteiger partial charge is 0.398 e. The van der Waals surface area contributed by atoms with E-state index in [-0.39, 0.29) is 6.10 Å². The summed E-state index contributed by atoms with van der Waals surface area (Å²) >= 11 is 6.17. The third-order valence-corrected chi connectivity index (χ3v) is 3.00. The second kappa shape index (κ2) is 5.99. The second-order valence-electron chi connectivity index (χ2n) is 4.15. The fraction of sp³-hybridized carbons (Fsp3) is 0.417. The van der Waals surface area contributed by atoms with Crippen LogP contribution in [0.4, 0.5) is 5.69 Å². The maximum Gasteiger partial charge on any atom is 0.185 e. The normalized spacial score (nSPS) is 12.6. The summed E-state index contributed by atoms with van der Waals surface area (Å²) in [5.41, 5.74) is 7.15. The van der Waals surface area contributed by atoms with E-state index in [1.54, 1.807) is 22.9 Å². The lowest BCUT2D eigenvalue weighted by molar-refractivity contribution is 0.0614. The minimum absolute atomic E-state index is 0.0102. The van der Waals surface area contributed by atoms with E-state index in [9.17, 15) is 0 Å². The van der Waals surface area contributed by atoms with Gasteiger partial charge in [-0.3, -0.25) is 0 Å². The number of benzene rings is 1. The van der Waals surface area contributed by atoms with Crippen LogP contribution in [0, 0.1) is 0 Å². The monoisotopic (exact) mass is 281 g/mol. The van der Waals surface area contributed by atoms with E-state index in [1.165, 1.54) is 0 Å². The van der Waals surface area contributed by atoms with E-state index in [2.05, 4.69) is 15.5 Å². The zero-order chi connectivity index (χ0) is 13.8. The quantitative estimate of drug-likeness (QED) is 0.848. The number of nitrogens with two attached hydrogens (primary N) is 1. The van der Waals surface area contributed by atoms with Crippen molar-refractivity contribution in [2.75, 3.05) is 12.3 Å². The topological polar surface area (TPSA) is 78.8 Å². The van der Waals surface area contributed by atoms with Gasteiger partial charge in [-0.05, 0) is 36.4 Å². The SMILES string of the molecule is CCOC(C)Cn1nnnc1-c1c(N)cccc1Cl. The van der Waals surface area contributed by atoms with Gasteiger partial charge in [0.25, 0.3) is 0 Å². The summed E-state index contributed by atoms with van der Waals surface area (Å²) in [6, 6.07) is 5.32. The van der Waals surface area contributed by atoms with Crippen molar-refractivity contribution in [1.82, 2.24) is 20.2 Å². The van der Waals surface area contributed by atoms with Crippen molar-refractivity contribution in [2.45, 2.75) is 26.5 Å². The smallest absolute Gasteiger partial charge is 0.185 e. The lowest BCUT2D eigenvalue weighted by Gasteiger charge is -2.13. The second-order valence-corrected chi connectivity index (χ2v) is 4.56. The van der Waals surface area contributed by atoms with E-state index < -0.39 is 0 Å². The molecular formula is C12H16ClN5O. The van der Waals surface area contributed by atoms with Crippen LogP contribution in [0.15, 0.2) is 18.2 Å². The van der Waals surface area contributed by atoms with Crippen LogP contribution in [0.2, 0.25) is 5.02 Å². The van der Waals surface area contributed by atoms with Crippen molar-refractivity contribution < 1.29 is 4.74 Å². The van der Waals surface area contributed by atoms with E-state index in [1.807, 2.05) is 13.8 Å². The van der Waals surface area contributed by atoms with Gasteiger partial charge in [-0.15, -0.1) is 5.10 Å². The fourth-order valence-corrected chi connectivity index (χ4v) is 2.13. The Labute approximate surface area is 116 Å². The first-order valence-electron chi connectivity index (χ1n) is 6.05. The Bertz CT molecular complexity index is 537. The van der Waals surface area contributed by atoms with Crippen molar-refractivity contribution in [3.63, 3.8) is 0 Å². The van der Waals surface area contributed by atoms with Crippen molar-refractivity contribution in [1.29, 1.82) is 0 Å². The highest BCUT2D eigenvalue weighted by molar-refractivity contribution is 6.33. The molecule has 0 radical (unpaired) electrons. The van der Waals surface area contributed by atoms with Gasteiger partial charge in [0.2, 0.25) is 0 Å². The van der Waals surface area contributed by atoms with Gasteiger partial charge in [-0.25, -0.2) is 4.68 Å². The molecule has 0 spiro atoms. The van der Waals surface area contributed by atoms with E-state index in [0.29, 0.717) is 35.2 Å². The molecule has 0 fully saturated rings. The summed E-state index contributed by atoms with van der Waals surface area (Å²) in [7, 11) is 0. The highest BCUT2D eigenvalue weighted by atomic mass is 35.5. The van der Waals surface area contributed by atoms with Gasteiger partial charge < -0.3 is 10.5 Å². The molecule has 0 aliphatic carbocycles. The molecule has 19 heavy (non-hydrogen) atoms. The Morgan fingerprint density at radius 2 is 2.26 bits per heavy atom. The van der Waals surface area contributed by atoms with E-state index >= 15 is 0 Å². The first-order chi connectivity index (χ1) is 9.13. The number of tetrazole rings is 1. The zero-order valence-electron chi connectivity index (χ0n) is 10.9. The molecule has 0 amide bonds. The number of hydrogen-bond acceptors (Lipinski definition) is 5. The first-order valence-corrected chi connectivity index (χ1v) is 6.43. The number of anilines is 1. The Morgan fingerprint density at radius 3 is 2.95 bits per heavy atom. The van der Waals surface area contributed by atoms with Crippen LogP contribution in [0.5, 0.6) is 0 Å². The average molecular weight is 282 g/mol. The fourth-order valence-electron chi connectivity index (χ4n) is 1.86. The number of aromatic nitrogens is 4. The molecule has 6 nitrogen and oxygen atoms in total. The molecule has 2 rings (SSSR count). The summed E-state index contributed by atoms with van der Waals surface area (Å²) in [6.45, 7) is 5.10. The van der Waals surface area contributed by atoms with Crippen LogP contribution < -0.4 is 5.73 Å². The molecule has 2 N–H and O–H groups in total. The van der Waals surface area contributed by atoms with Gasteiger partial charge in [-0.1, -0.05) is 17.7 Å². The van der Waals surface area contributed by atoms with Crippen molar-refractivity contribution >= 4 is 17.3 Å². The number of rotatable bonds is 5. The predicted octanol–water partition coefficient (Wildman–Crippen LogP) is 2.00. The molecule has 1 atom stereocenters. The Morgan fingerprint density at radius 1 is 1.47 bits per heavy atom. The van der Waals surface area contributed by atoms with Gasteiger partial charge in [0, 0.05) is 12.3 Å². The lowest BCUT2D eigenvalue weighted by Crippen LogP contribution is -2.18. The molecule has 0 saturated heterocycles. The molecule has 0 aliphatic heterocycles. The van der Waals surface area contributed by atoms with Crippen LogP contribution >= 0.6 is 11.6 Å². The molecule has 1 aromatic heterocycles. The van der Waals surface area contributed by atoms with Gasteiger partial charge in [-0.2, -0.15) is 0 Å². The van der Waals surface area contributed by atoms with E-state index in [0.717, 1.165) is 0 Å². The summed E-state index contributed by atoms with van der Waals surface area (Å²) in [5.74, 6) is 0.551. The molecule has 2 aromatic rings. The third kappa shape index (κ3) is 3.02. The van der Waals surface area contributed by atoms with Crippen LogP contribution in [-0.4, -0.2) is 32.9 Å². The number of hydrogen-bond donors (Lipinski definition) is 1. The number of halogens is 1.